The molecule has 1 aromatic heterocycles. The van der Waals surface area contributed by atoms with Crippen molar-refractivity contribution in [1.82, 2.24) is 0 Å². The Morgan fingerprint density at radius 2 is 1.59 bits per heavy atom. The highest BCUT2D eigenvalue weighted by molar-refractivity contribution is 7.19. The molecule has 0 aliphatic heterocycles. The monoisotopic (exact) mass is 648 g/mol. The maximum absolute atomic E-state index is 13.3. The lowest BCUT2D eigenvalue weighted by Gasteiger charge is -2.44. The number of carbonyl (C=O) groups excluding carboxylic acids is 1. The van der Waals surface area contributed by atoms with E-state index >= 15 is 0 Å². The number of unbranched alkanes of at least 4 members (excludes halogenated alkanes) is 1. The van der Waals surface area contributed by atoms with E-state index in [4.69, 9.17) is 9.53 Å². The Kier molecular flexibility index (Phi) is 10.7. The van der Waals surface area contributed by atoms with Gasteiger partial charge in [0.05, 0.1) is 6.10 Å². The molecule has 3 atom stereocenters. The largest absolute Gasteiger partial charge is 0.481 e. The summed E-state index contributed by atoms with van der Waals surface area (Å²) in [5, 5.41) is 12.3. The molecule has 0 amide bonds. The predicted octanol–water partition coefficient (Wildman–Crippen LogP) is 9.04. The van der Waals surface area contributed by atoms with Gasteiger partial charge in [-0.3, -0.25) is 9.59 Å². The van der Waals surface area contributed by atoms with Crippen LogP contribution in [0.2, 0.25) is 5.04 Å². The van der Waals surface area contributed by atoms with Crippen LogP contribution < -0.4 is 10.4 Å². The Labute approximate surface area is 278 Å². The average molecular weight is 649 g/mol. The SMILES string of the molecule is CC1=CC(=O)[C@H](/C=C/[C@@H](O[Si](c2ccccc2)(c2ccccc2)C(C)(C)C)c2cc3ccccc3s2)[C@H]1C/C=C\CCCC(=O)O. The molecule has 6 heteroatoms. The van der Waals surface area contributed by atoms with Gasteiger partial charge in [-0.1, -0.05) is 130 Å². The zero-order chi connectivity index (χ0) is 32.7. The van der Waals surface area contributed by atoms with Crippen molar-refractivity contribution in [3.8, 4) is 0 Å². The van der Waals surface area contributed by atoms with Gasteiger partial charge in [0.25, 0.3) is 8.32 Å². The van der Waals surface area contributed by atoms with E-state index in [1.54, 1.807) is 17.4 Å². The highest BCUT2D eigenvalue weighted by Crippen LogP contribution is 2.43. The van der Waals surface area contributed by atoms with E-state index in [0.29, 0.717) is 6.42 Å². The average Bonchev–Trinajstić information content (AvgIpc) is 3.58. The highest BCUT2D eigenvalue weighted by atomic mass is 32.1. The van der Waals surface area contributed by atoms with Gasteiger partial charge in [0.1, 0.15) is 0 Å². The zero-order valence-electron chi connectivity index (χ0n) is 27.2. The fourth-order valence-electron chi connectivity index (χ4n) is 6.64. The molecule has 0 unspecified atom stereocenters. The van der Waals surface area contributed by atoms with Crippen molar-refractivity contribution in [2.45, 2.75) is 64.5 Å². The van der Waals surface area contributed by atoms with E-state index in [0.717, 1.165) is 23.3 Å². The number of benzene rings is 3. The molecule has 5 rings (SSSR count). The van der Waals surface area contributed by atoms with Gasteiger partial charge < -0.3 is 9.53 Å². The van der Waals surface area contributed by atoms with Gasteiger partial charge in [-0.25, -0.2) is 0 Å². The van der Waals surface area contributed by atoms with Gasteiger partial charge in [0, 0.05) is 21.9 Å². The zero-order valence-corrected chi connectivity index (χ0v) is 29.0. The summed E-state index contributed by atoms with van der Waals surface area (Å²) in [6.45, 7) is 8.91. The molecule has 3 aromatic carbocycles. The smallest absolute Gasteiger partial charge is 0.303 e. The van der Waals surface area contributed by atoms with Crippen LogP contribution in [-0.4, -0.2) is 25.2 Å². The number of thiophene rings is 1. The van der Waals surface area contributed by atoms with Crippen LogP contribution in [0.15, 0.2) is 127 Å². The van der Waals surface area contributed by atoms with Crippen molar-refractivity contribution in [1.29, 1.82) is 0 Å². The van der Waals surface area contributed by atoms with Gasteiger partial charge in [0.2, 0.25) is 0 Å². The Morgan fingerprint density at radius 1 is 0.957 bits per heavy atom. The van der Waals surface area contributed by atoms with E-state index < -0.39 is 14.3 Å². The van der Waals surface area contributed by atoms with Crippen molar-refractivity contribution in [3.05, 3.63) is 132 Å². The molecule has 46 heavy (non-hydrogen) atoms. The van der Waals surface area contributed by atoms with Crippen LogP contribution in [0.25, 0.3) is 10.1 Å². The summed E-state index contributed by atoms with van der Waals surface area (Å²) < 4.78 is 8.88. The number of carboxylic acids is 1. The van der Waals surface area contributed by atoms with Crippen LogP contribution >= 0.6 is 11.3 Å². The Hall–Kier alpha value is -3.84. The number of carbonyl (C=O) groups is 2. The molecule has 1 heterocycles. The van der Waals surface area contributed by atoms with Crippen LogP contribution in [0, 0.1) is 11.8 Å². The predicted molar refractivity (Wildman–Crippen MR) is 193 cm³/mol. The summed E-state index contributed by atoms with van der Waals surface area (Å²) in [4.78, 5) is 25.3. The normalized spacial score (nSPS) is 18.1. The van der Waals surface area contributed by atoms with Crippen LogP contribution in [0.5, 0.6) is 0 Å². The highest BCUT2D eigenvalue weighted by Gasteiger charge is 2.51. The fraction of sp³-hybridized carbons (Fsp3) is 0.300. The minimum atomic E-state index is -2.91. The summed E-state index contributed by atoms with van der Waals surface area (Å²) in [6, 6.07) is 32.0. The maximum atomic E-state index is 13.3. The minimum absolute atomic E-state index is 0.0652. The first kappa shape index (κ1) is 33.5. The molecule has 0 radical (unpaired) electrons. The summed E-state index contributed by atoms with van der Waals surface area (Å²) in [5.74, 6) is -0.857. The molecule has 0 saturated heterocycles. The second-order valence-electron chi connectivity index (χ2n) is 13.2. The Morgan fingerprint density at radius 3 is 2.20 bits per heavy atom. The topological polar surface area (TPSA) is 63.6 Å². The van der Waals surface area contributed by atoms with Crippen LogP contribution in [-0.2, 0) is 14.0 Å². The number of hydrogen-bond acceptors (Lipinski definition) is 4. The second-order valence-corrected chi connectivity index (χ2v) is 18.6. The molecule has 1 aliphatic carbocycles. The standard InChI is InChI=1S/C40H44O4SSi/c1-29-27-35(41)34(33(29)22-13-5-6-14-24-39(42)43)25-26-36(38-28-30-17-15-16-23-37(30)45-38)44-46(40(2,3)4,31-18-9-7-10-19-31)32-20-11-8-12-21-32/h5,7-13,15-21,23,25-28,33-34,36H,6,14,22,24H2,1-4H3,(H,42,43)/b13-5-,26-25+/t33-,34+,36+/m0/s1. The molecular formula is C40H44O4SSi. The van der Waals surface area contributed by atoms with Crippen molar-refractivity contribution < 1.29 is 19.1 Å². The first-order chi connectivity index (χ1) is 22.1. The lowest BCUT2D eigenvalue weighted by Crippen LogP contribution is -2.66. The third-order valence-corrected chi connectivity index (χ3v) is 15.2. The first-order valence-corrected chi connectivity index (χ1v) is 18.9. The summed E-state index contributed by atoms with van der Waals surface area (Å²) >= 11 is 1.75. The second kappa shape index (κ2) is 14.7. The summed E-state index contributed by atoms with van der Waals surface area (Å²) in [6.07, 6.45) is 12.0. The molecule has 238 valence electrons. The minimum Gasteiger partial charge on any atom is -0.481 e. The molecule has 1 N–H and O–H groups in total. The van der Waals surface area contributed by atoms with E-state index in [1.807, 2.05) is 13.0 Å². The lowest BCUT2D eigenvalue weighted by atomic mass is 9.87. The van der Waals surface area contributed by atoms with E-state index in [1.165, 1.54) is 20.5 Å². The van der Waals surface area contributed by atoms with Crippen molar-refractivity contribution >= 4 is 51.9 Å². The molecular weight excluding hydrogens is 605 g/mol. The third-order valence-electron chi connectivity index (χ3n) is 8.97. The molecule has 0 bridgehead atoms. The first-order valence-electron chi connectivity index (χ1n) is 16.1. The Bertz CT molecular complexity index is 1660. The number of aliphatic carboxylic acids is 1. The Balaban J connectivity index is 1.55. The van der Waals surface area contributed by atoms with Crippen LogP contribution in [0.3, 0.4) is 0 Å². The number of fused-ring (bicyclic) bond motifs is 1. The summed E-state index contributed by atoms with van der Waals surface area (Å²) in [5.41, 5.74) is 1.08. The quantitative estimate of drug-likeness (QED) is 0.0893. The number of ketones is 1. The van der Waals surface area contributed by atoms with Crippen LogP contribution in [0.1, 0.15) is 64.4 Å². The van der Waals surface area contributed by atoms with Crippen LogP contribution in [0.4, 0.5) is 0 Å². The van der Waals surface area contributed by atoms with E-state index in [2.05, 4.69) is 130 Å². The van der Waals surface area contributed by atoms with Gasteiger partial charge in [-0.2, -0.15) is 0 Å². The van der Waals surface area contributed by atoms with Gasteiger partial charge in [0.15, 0.2) is 5.78 Å². The van der Waals surface area contributed by atoms with E-state index in [9.17, 15) is 9.59 Å². The molecule has 4 nitrogen and oxygen atoms in total. The lowest BCUT2D eigenvalue weighted by molar-refractivity contribution is -0.137. The van der Waals surface area contributed by atoms with Gasteiger partial charge in [-0.05, 0) is 71.1 Å². The van der Waals surface area contributed by atoms with Gasteiger partial charge in [-0.15, -0.1) is 11.3 Å². The number of carboxylic acid groups (broad SMARTS) is 1. The molecule has 0 fully saturated rings. The molecule has 1 aliphatic rings. The number of allylic oxidation sites excluding steroid dienone is 5. The molecule has 4 aromatic rings. The third kappa shape index (κ3) is 7.41. The summed E-state index contributed by atoms with van der Waals surface area (Å²) in [7, 11) is -2.91. The number of hydrogen-bond donors (Lipinski definition) is 1. The van der Waals surface area contributed by atoms with Crippen molar-refractivity contribution in [2.24, 2.45) is 11.8 Å². The van der Waals surface area contributed by atoms with Crippen molar-refractivity contribution in [2.75, 3.05) is 0 Å². The molecule has 0 spiro atoms. The number of rotatable bonds is 13. The maximum Gasteiger partial charge on any atom is 0.303 e. The molecule has 0 saturated carbocycles. The van der Waals surface area contributed by atoms with Crippen molar-refractivity contribution in [3.63, 3.8) is 0 Å². The van der Waals surface area contributed by atoms with E-state index in [-0.39, 0.29) is 35.2 Å². The van der Waals surface area contributed by atoms with Gasteiger partial charge >= 0.3 is 5.97 Å². The fourth-order valence-corrected chi connectivity index (χ4v) is 12.4.